The van der Waals surface area contributed by atoms with E-state index < -0.39 is 27.2 Å². The Morgan fingerprint density at radius 1 is 1.22 bits per heavy atom. The van der Waals surface area contributed by atoms with Gasteiger partial charge in [0.1, 0.15) is 0 Å². The summed E-state index contributed by atoms with van der Waals surface area (Å²) in [6.07, 6.45) is 2.57. The summed E-state index contributed by atoms with van der Waals surface area (Å²) >= 11 is 0. The number of ether oxygens (including phenoxy) is 1. The third-order valence-corrected chi connectivity index (χ3v) is 3.97. The number of nitro groups is 2. The zero-order chi connectivity index (χ0) is 17.1. The van der Waals surface area contributed by atoms with E-state index in [1.807, 2.05) is 6.92 Å². The minimum Gasteiger partial charge on any atom is -0.465 e. The Morgan fingerprint density at radius 2 is 1.78 bits per heavy atom. The van der Waals surface area contributed by atoms with E-state index in [0.717, 1.165) is 38.5 Å². The lowest BCUT2D eigenvalue weighted by molar-refractivity contribution is -0.392. The van der Waals surface area contributed by atoms with Gasteiger partial charge in [-0.05, 0) is 26.2 Å². The molecule has 0 aliphatic carbocycles. The van der Waals surface area contributed by atoms with Gasteiger partial charge in [0.15, 0.2) is 5.69 Å². The van der Waals surface area contributed by atoms with E-state index in [-0.39, 0.29) is 17.3 Å². The second kappa shape index (κ2) is 6.59. The minimum absolute atomic E-state index is 0.0418. The van der Waals surface area contributed by atoms with Gasteiger partial charge in [0.2, 0.25) is 0 Å². The van der Waals surface area contributed by atoms with E-state index in [1.54, 1.807) is 4.90 Å². The summed E-state index contributed by atoms with van der Waals surface area (Å²) in [6.45, 7) is 2.38. The fourth-order valence-electron chi connectivity index (χ4n) is 2.84. The van der Waals surface area contributed by atoms with Crippen molar-refractivity contribution in [3.63, 3.8) is 0 Å². The first-order chi connectivity index (χ1) is 10.9. The Balaban J connectivity index is 2.69. The molecule has 0 radical (unpaired) electrons. The highest BCUT2D eigenvalue weighted by atomic mass is 16.6. The van der Waals surface area contributed by atoms with Gasteiger partial charge >= 0.3 is 17.3 Å². The first-order valence-electron chi connectivity index (χ1n) is 7.18. The second-order valence-electron chi connectivity index (χ2n) is 5.41. The van der Waals surface area contributed by atoms with Crippen molar-refractivity contribution in [3.05, 3.63) is 37.9 Å². The van der Waals surface area contributed by atoms with Gasteiger partial charge in [-0.2, -0.15) is 0 Å². The van der Waals surface area contributed by atoms with Crippen molar-refractivity contribution >= 4 is 23.0 Å². The van der Waals surface area contributed by atoms with Gasteiger partial charge in [0.05, 0.1) is 22.5 Å². The average molecular weight is 323 g/mol. The molecule has 9 nitrogen and oxygen atoms in total. The molecule has 0 amide bonds. The predicted octanol–water partition coefficient (Wildman–Crippen LogP) is 2.67. The molecule has 0 unspecified atom stereocenters. The smallest absolute Gasteiger partial charge is 0.338 e. The highest BCUT2D eigenvalue weighted by molar-refractivity contribution is 5.94. The number of nitro benzene ring substituents is 2. The van der Waals surface area contributed by atoms with Crippen LogP contribution in [-0.2, 0) is 4.74 Å². The lowest BCUT2D eigenvalue weighted by atomic mass is 10.0. The Hall–Kier alpha value is -2.71. The molecular formula is C14H17N3O6. The molecular weight excluding hydrogens is 306 g/mol. The van der Waals surface area contributed by atoms with Crippen LogP contribution in [0.5, 0.6) is 0 Å². The summed E-state index contributed by atoms with van der Waals surface area (Å²) in [5.74, 6) is -0.852. The average Bonchev–Trinajstić information content (AvgIpc) is 2.53. The maximum atomic E-state index is 11.6. The Bertz CT molecular complexity index is 625. The number of hydrogen-bond acceptors (Lipinski definition) is 7. The van der Waals surface area contributed by atoms with Crippen LogP contribution >= 0.6 is 0 Å². The Labute approximate surface area is 132 Å². The standard InChI is InChI=1S/C14H17N3O6/c1-9-5-3-4-6-15(9)13-11(16(19)20)7-10(14(18)23-2)8-12(13)17(21)22/h7-9H,3-6H2,1-2H3/t9-/m1/s1. The molecule has 0 bridgehead atoms. The summed E-state index contributed by atoms with van der Waals surface area (Å²) in [5.41, 5.74) is -1.15. The Kier molecular flexibility index (Phi) is 4.77. The highest BCUT2D eigenvalue weighted by Crippen LogP contribution is 2.41. The zero-order valence-electron chi connectivity index (χ0n) is 12.9. The molecule has 9 heteroatoms. The van der Waals surface area contributed by atoms with E-state index >= 15 is 0 Å². The van der Waals surface area contributed by atoms with Gasteiger partial charge in [-0.25, -0.2) is 4.79 Å². The van der Waals surface area contributed by atoms with E-state index in [0.29, 0.717) is 6.54 Å². The molecule has 1 aliphatic heterocycles. The quantitative estimate of drug-likeness (QED) is 0.475. The number of carbonyl (C=O) groups is 1. The minimum atomic E-state index is -0.852. The molecule has 1 aliphatic rings. The number of esters is 1. The third-order valence-electron chi connectivity index (χ3n) is 3.97. The molecule has 2 rings (SSSR count). The van der Waals surface area contributed by atoms with Crippen LogP contribution in [0.2, 0.25) is 0 Å². The molecule has 0 saturated carbocycles. The lowest BCUT2D eigenvalue weighted by Gasteiger charge is -2.34. The summed E-state index contributed by atoms with van der Waals surface area (Å²) in [6, 6.07) is 2.02. The highest BCUT2D eigenvalue weighted by Gasteiger charge is 2.35. The van der Waals surface area contributed by atoms with Crippen molar-refractivity contribution in [2.24, 2.45) is 0 Å². The monoisotopic (exact) mass is 323 g/mol. The normalized spacial score (nSPS) is 17.7. The fraction of sp³-hybridized carbons (Fsp3) is 0.500. The van der Waals surface area contributed by atoms with Crippen molar-refractivity contribution in [1.29, 1.82) is 0 Å². The molecule has 1 saturated heterocycles. The molecule has 1 heterocycles. The van der Waals surface area contributed by atoms with Crippen molar-refractivity contribution in [1.82, 2.24) is 0 Å². The van der Waals surface area contributed by atoms with E-state index in [4.69, 9.17) is 0 Å². The van der Waals surface area contributed by atoms with Crippen LogP contribution in [0.15, 0.2) is 12.1 Å². The summed E-state index contributed by atoms with van der Waals surface area (Å²) in [7, 11) is 1.11. The number of rotatable bonds is 4. The van der Waals surface area contributed by atoms with Gasteiger partial charge in [0, 0.05) is 24.7 Å². The van der Waals surface area contributed by atoms with Gasteiger partial charge in [0.25, 0.3) is 0 Å². The molecule has 0 spiro atoms. The van der Waals surface area contributed by atoms with Gasteiger partial charge < -0.3 is 9.64 Å². The van der Waals surface area contributed by atoms with E-state index in [9.17, 15) is 25.0 Å². The van der Waals surface area contributed by atoms with Crippen LogP contribution in [-0.4, -0.2) is 35.5 Å². The number of anilines is 1. The molecule has 0 aromatic heterocycles. The van der Waals surface area contributed by atoms with Gasteiger partial charge in [-0.15, -0.1) is 0 Å². The number of nitrogens with zero attached hydrogens (tertiary/aromatic N) is 3. The molecule has 23 heavy (non-hydrogen) atoms. The third kappa shape index (κ3) is 3.22. The summed E-state index contributed by atoms with van der Waals surface area (Å²) in [4.78, 5) is 34.7. The number of benzene rings is 1. The first kappa shape index (κ1) is 16.7. The largest absolute Gasteiger partial charge is 0.465 e. The molecule has 1 aromatic carbocycles. The van der Waals surface area contributed by atoms with Crippen molar-refractivity contribution in [2.45, 2.75) is 32.2 Å². The number of carbonyl (C=O) groups excluding carboxylic acids is 1. The SMILES string of the molecule is COC(=O)c1cc([N+](=O)[O-])c(N2CCCC[C@H]2C)c([N+](=O)[O-])c1. The predicted molar refractivity (Wildman–Crippen MR) is 81.7 cm³/mol. The fourth-order valence-corrected chi connectivity index (χ4v) is 2.84. The lowest BCUT2D eigenvalue weighted by Crippen LogP contribution is -2.38. The van der Waals surface area contributed by atoms with E-state index in [2.05, 4.69) is 4.74 Å². The van der Waals surface area contributed by atoms with Crippen LogP contribution in [0.3, 0.4) is 0 Å². The Morgan fingerprint density at radius 3 is 2.22 bits per heavy atom. The first-order valence-corrected chi connectivity index (χ1v) is 7.18. The molecule has 0 N–H and O–H groups in total. The van der Waals surface area contributed by atoms with Crippen molar-refractivity contribution in [3.8, 4) is 0 Å². The topological polar surface area (TPSA) is 116 Å². The summed E-state index contributed by atoms with van der Waals surface area (Å²) < 4.78 is 4.51. The van der Waals surface area contributed by atoms with Crippen LogP contribution < -0.4 is 4.90 Å². The second-order valence-corrected chi connectivity index (χ2v) is 5.41. The number of piperidine rings is 1. The summed E-state index contributed by atoms with van der Waals surface area (Å²) in [5, 5.41) is 22.8. The van der Waals surface area contributed by atoms with E-state index in [1.165, 1.54) is 0 Å². The van der Waals surface area contributed by atoms with Crippen molar-refractivity contribution in [2.75, 3.05) is 18.6 Å². The van der Waals surface area contributed by atoms with Gasteiger partial charge in [-0.1, -0.05) is 0 Å². The van der Waals surface area contributed by atoms with Crippen LogP contribution in [0.1, 0.15) is 36.5 Å². The number of hydrogen-bond donors (Lipinski definition) is 0. The number of methoxy groups -OCH3 is 1. The maximum Gasteiger partial charge on any atom is 0.338 e. The van der Waals surface area contributed by atoms with Crippen LogP contribution in [0.4, 0.5) is 17.1 Å². The molecule has 1 fully saturated rings. The molecule has 124 valence electrons. The van der Waals surface area contributed by atoms with Gasteiger partial charge in [-0.3, -0.25) is 20.2 Å². The maximum absolute atomic E-state index is 11.6. The van der Waals surface area contributed by atoms with Crippen molar-refractivity contribution < 1.29 is 19.4 Å². The molecule has 1 atom stereocenters. The van der Waals surface area contributed by atoms with Crippen LogP contribution in [0.25, 0.3) is 0 Å². The molecule has 1 aromatic rings. The van der Waals surface area contributed by atoms with Crippen LogP contribution in [0, 0.1) is 20.2 Å². The zero-order valence-corrected chi connectivity index (χ0v) is 12.9.